The normalized spacial score (nSPS) is 10.9. The number of hydrogen-bond acceptors (Lipinski definition) is 4. The largest absolute Gasteiger partial charge is 0.394 e. The first-order valence-electron chi connectivity index (χ1n) is 5.77. The van der Waals surface area contributed by atoms with Crippen molar-refractivity contribution in [1.29, 1.82) is 0 Å². The van der Waals surface area contributed by atoms with E-state index >= 15 is 0 Å². The highest BCUT2D eigenvalue weighted by molar-refractivity contribution is 5.77. The number of rotatable bonds is 7. The zero-order chi connectivity index (χ0) is 11.9. The highest BCUT2D eigenvalue weighted by Gasteiger charge is 1.99. The summed E-state index contributed by atoms with van der Waals surface area (Å²) in [4.78, 5) is 7.59. The minimum absolute atomic E-state index is 0.0804. The number of aromatic nitrogens is 2. The van der Waals surface area contributed by atoms with Crippen molar-refractivity contribution in [2.75, 3.05) is 31.7 Å². The molecule has 0 aliphatic carbocycles. The van der Waals surface area contributed by atoms with Gasteiger partial charge in [0.15, 0.2) is 0 Å². The number of ether oxygens (including phenoxy) is 1. The molecule has 17 heavy (non-hydrogen) atoms. The fraction of sp³-hybridized carbons (Fsp3) is 0.417. The first-order valence-corrected chi connectivity index (χ1v) is 5.77. The molecule has 0 amide bonds. The summed E-state index contributed by atoms with van der Waals surface area (Å²) in [7, 11) is 0. The number of imidazole rings is 1. The van der Waals surface area contributed by atoms with Gasteiger partial charge in [0.2, 0.25) is 5.95 Å². The Morgan fingerprint density at radius 1 is 1.29 bits per heavy atom. The van der Waals surface area contributed by atoms with E-state index in [4.69, 9.17) is 9.84 Å². The third kappa shape index (κ3) is 3.44. The van der Waals surface area contributed by atoms with E-state index in [0.717, 1.165) is 29.9 Å². The van der Waals surface area contributed by atoms with Gasteiger partial charge in [0.05, 0.1) is 24.2 Å². The van der Waals surface area contributed by atoms with E-state index in [9.17, 15) is 0 Å². The molecule has 5 nitrogen and oxygen atoms in total. The Labute approximate surface area is 99.8 Å². The summed E-state index contributed by atoms with van der Waals surface area (Å²) in [6, 6.07) is 7.92. The predicted octanol–water partition coefficient (Wildman–Crippen LogP) is 1.37. The Kier molecular flexibility index (Phi) is 4.35. The lowest BCUT2D eigenvalue weighted by molar-refractivity contribution is 0.0922. The van der Waals surface area contributed by atoms with Gasteiger partial charge in [-0.15, -0.1) is 0 Å². The summed E-state index contributed by atoms with van der Waals surface area (Å²) in [5.41, 5.74) is 2.00. The van der Waals surface area contributed by atoms with Gasteiger partial charge >= 0.3 is 0 Å². The average Bonchev–Trinajstić information content (AvgIpc) is 2.76. The van der Waals surface area contributed by atoms with E-state index < -0.39 is 0 Å². The molecular weight excluding hydrogens is 218 g/mol. The molecular formula is C12H17N3O2. The second-order valence-corrected chi connectivity index (χ2v) is 3.72. The van der Waals surface area contributed by atoms with Gasteiger partial charge in [-0.25, -0.2) is 4.98 Å². The standard InChI is InChI=1S/C12H17N3O2/c16-7-9-17-8-3-6-13-12-14-10-4-1-2-5-11(10)15-12/h1-2,4-5,16H,3,6-9H2,(H2,13,14,15). The van der Waals surface area contributed by atoms with Crippen LogP contribution < -0.4 is 5.32 Å². The molecule has 1 heterocycles. The second kappa shape index (κ2) is 6.22. The van der Waals surface area contributed by atoms with Crippen molar-refractivity contribution in [1.82, 2.24) is 9.97 Å². The zero-order valence-electron chi connectivity index (χ0n) is 9.65. The van der Waals surface area contributed by atoms with Gasteiger partial charge in [-0.3, -0.25) is 0 Å². The van der Waals surface area contributed by atoms with E-state index in [0.29, 0.717) is 13.2 Å². The molecule has 0 fully saturated rings. The first kappa shape index (κ1) is 11.9. The van der Waals surface area contributed by atoms with Gasteiger partial charge in [0, 0.05) is 13.2 Å². The molecule has 2 aromatic rings. The molecule has 2 rings (SSSR count). The third-order valence-electron chi connectivity index (χ3n) is 2.38. The molecule has 3 N–H and O–H groups in total. The Balaban J connectivity index is 1.75. The van der Waals surface area contributed by atoms with Crippen LogP contribution in [0.25, 0.3) is 11.0 Å². The van der Waals surface area contributed by atoms with Gasteiger partial charge in [-0.1, -0.05) is 12.1 Å². The van der Waals surface area contributed by atoms with Gasteiger partial charge in [-0.2, -0.15) is 0 Å². The van der Waals surface area contributed by atoms with Crippen molar-refractivity contribution >= 4 is 17.0 Å². The molecule has 1 aromatic heterocycles. The van der Waals surface area contributed by atoms with Gasteiger partial charge in [-0.05, 0) is 18.6 Å². The van der Waals surface area contributed by atoms with Crippen molar-refractivity contribution in [2.24, 2.45) is 0 Å². The number of aliphatic hydroxyl groups is 1. The molecule has 0 bridgehead atoms. The predicted molar refractivity (Wildman–Crippen MR) is 67.1 cm³/mol. The maximum absolute atomic E-state index is 8.53. The maximum Gasteiger partial charge on any atom is 0.201 e. The van der Waals surface area contributed by atoms with Crippen LogP contribution >= 0.6 is 0 Å². The number of fused-ring (bicyclic) bond motifs is 1. The number of hydrogen-bond donors (Lipinski definition) is 3. The topological polar surface area (TPSA) is 70.2 Å². The summed E-state index contributed by atoms with van der Waals surface area (Å²) in [6.07, 6.45) is 0.886. The molecule has 0 saturated heterocycles. The number of anilines is 1. The Bertz CT molecular complexity index is 423. The number of H-pyrrole nitrogens is 1. The van der Waals surface area contributed by atoms with E-state index in [2.05, 4.69) is 15.3 Å². The van der Waals surface area contributed by atoms with Crippen LogP contribution in [0.5, 0.6) is 0 Å². The van der Waals surface area contributed by atoms with Crippen LogP contribution in [0.4, 0.5) is 5.95 Å². The highest BCUT2D eigenvalue weighted by atomic mass is 16.5. The lowest BCUT2D eigenvalue weighted by Gasteiger charge is -2.03. The van der Waals surface area contributed by atoms with Crippen LogP contribution in [-0.2, 0) is 4.74 Å². The molecule has 92 valence electrons. The smallest absolute Gasteiger partial charge is 0.201 e. The fourth-order valence-corrected chi connectivity index (χ4v) is 1.58. The summed E-state index contributed by atoms with van der Waals surface area (Å²) in [5.74, 6) is 0.786. The van der Waals surface area contributed by atoms with E-state index in [1.54, 1.807) is 0 Å². The molecule has 5 heteroatoms. The minimum atomic E-state index is 0.0804. The second-order valence-electron chi connectivity index (χ2n) is 3.72. The summed E-state index contributed by atoms with van der Waals surface area (Å²) in [6.45, 7) is 1.93. The number of para-hydroxylation sites is 2. The molecule has 0 aliphatic rings. The number of benzene rings is 1. The summed E-state index contributed by atoms with van der Waals surface area (Å²) in [5, 5.41) is 11.7. The van der Waals surface area contributed by atoms with Crippen LogP contribution in [-0.4, -0.2) is 41.4 Å². The molecule has 0 atom stereocenters. The van der Waals surface area contributed by atoms with Crippen molar-refractivity contribution in [3.8, 4) is 0 Å². The number of nitrogens with one attached hydrogen (secondary N) is 2. The fourth-order valence-electron chi connectivity index (χ4n) is 1.58. The van der Waals surface area contributed by atoms with Gasteiger partial charge in [0.1, 0.15) is 0 Å². The molecule has 0 unspecified atom stereocenters. The third-order valence-corrected chi connectivity index (χ3v) is 2.38. The highest BCUT2D eigenvalue weighted by Crippen LogP contribution is 2.12. The van der Waals surface area contributed by atoms with Crippen LogP contribution in [0, 0.1) is 0 Å². The Hall–Kier alpha value is -1.59. The van der Waals surface area contributed by atoms with Crippen LogP contribution in [0.2, 0.25) is 0 Å². The van der Waals surface area contributed by atoms with Crippen molar-refractivity contribution in [2.45, 2.75) is 6.42 Å². The van der Waals surface area contributed by atoms with Gasteiger partial charge < -0.3 is 20.1 Å². The summed E-state index contributed by atoms with van der Waals surface area (Å²) >= 11 is 0. The number of nitrogens with zero attached hydrogens (tertiary/aromatic N) is 1. The maximum atomic E-state index is 8.53. The van der Waals surface area contributed by atoms with Crippen LogP contribution in [0.1, 0.15) is 6.42 Å². The van der Waals surface area contributed by atoms with E-state index in [1.165, 1.54) is 0 Å². The number of aromatic amines is 1. The van der Waals surface area contributed by atoms with Crippen molar-refractivity contribution in [3.05, 3.63) is 24.3 Å². The molecule has 0 radical (unpaired) electrons. The average molecular weight is 235 g/mol. The number of aliphatic hydroxyl groups excluding tert-OH is 1. The SMILES string of the molecule is OCCOCCCNc1nc2ccccc2[nH]1. The van der Waals surface area contributed by atoms with Crippen LogP contribution in [0.3, 0.4) is 0 Å². The Morgan fingerprint density at radius 3 is 3.00 bits per heavy atom. The molecule has 0 spiro atoms. The lowest BCUT2D eigenvalue weighted by Crippen LogP contribution is -2.08. The van der Waals surface area contributed by atoms with Crippen molar-refractivity contribution < 1.29 is 9.84 Å². The lowest BCUT2D eigenvalue weighted by atomic mass is 10.3. The minimum Gasteiger partial charge on any atom is -0.394 e. The summed E-state index contributed by atoms with van der Waals surface area (Å²) < 4.78 is 5.16. The van der Waals surface area contributed by atoms with E-state index in [-0.39, 0.29) is 6.61 Å². The monoisotopic (exact) mass is 235 g/mol. The molecule has 1 aromatic carbocycles. The quantitative estimate of drug-likeness (QED) is 0.634. The zero-order valence-corrected chi connectivity index (χ0v) is 9.65. The van der Waals surface area contributed by atoms with Crippen LogP contribution in [0.15, 0.2) is 24.3 Å². The molecule has 0 saturated carbocycles. The van der Waals surface area contributed by atoms with E-state index in [1.807, 2.05) is 24.3 Å². The van der Waals surface area contributed by atoms with Crippen molar-refractivity contribution in [3.63, 3.8) is 0 Å². The first-order chi connectivity index (χ1) is 8.40. The Morgan fingerprint density at radius 2 is 2.18 bits per heavy atom. The van der Waals surface area contributed by atoms with Gasteiger partial charge in [0.25, 0.3) is 0 Å². The molecule has 0 aliphatic heterocycles.